The lowest BCUT2D eigenvalue weighted by atomic mass is 10.3. The zero-order valence-electron chi connectivity index (χ0n) is 14.3. The van der Waals surface area contributed by atoms with Gasteiger partial charge in [-0.1, -0.05) is 0 Å². The molecule has 0 bridgehead atoms. The van der Waals surface area contributed by atoms with Gasteiger partial charge in [-0.05, 0) is 25.5 Å². The third-order valence-electron chi connectivity index (χ3n) is 4.38. The number of anilines is 1. The third-order valence-corrected chi connectivity index (χ3v) is 4.38. The van der Waals surface area contributed by atoms with E-state index in [0.29, 0.717) is 5.75 Å². The second kappa shape index (κ2) is 7.49. The molecule has 1 saturated heterocycles. The van der Waals surface area contributed by atoms with Gasteiger partial charge >= 0.3 is 0 Å². The van der Waals surface area contributed by atoms with Gasteiger partial charge in [0.05, 0.1) is 7.11 Å². The van der Waals surface area contributed by atoms with Gasteiger partial charge in [0, 0.05) is 68.3 Å². The Morgan fingerprint density at radius 2 is 2.12 bits per heavy atom. The van der Waals surface area contributed by atoms with Crippen molar-refractivity contribution in [3.63, 3.8) is 0 Å². The molecule has 0 aliphatic carbocycles. The van der Waals surface area contributed by atoms with E-state index < -0.39 is 0 Å². The Balaban J connectivity index is 1.63. The molecule has 3 heterocycles. The monoisotopic (exact) mass is 328 g/mol. The predicted octanol–water partition coefficient (Wildman–Crippen LogP) is 1.80. The van der Waals surface area contributed by atoms with E-state index >= 15 is 0 Å². The second-order valence-corrected chi connectivity index (χ2v) is 6.16. The molecule has 0 spiro atoms. The quantitative estimate of drug-likeness (QED) is 0.927. The molecule has 0 amide bonds. The Labute approximate surface area is 142 Å². The molecule has 6 heteroatoms. The van der Waals surface area contributed by atoms with Crippen molar-refractivity contribution in [2.75, 3.05) is 38.2 Å². The van der Waals surface area contributed by atoms with Gasteiger partial charge in [-0.3, -0.25) is 14.7 Å². The van der Waals surface area contributed by atoms with E-state index in [1.165, 1.54) is 12.8 Å². The first-order chi connectivity index (χ1) is 11.7. The molecule has 0 radical (unpaired) electrons. The first kappa shape index (κ1) is 16.5. The number of ether oxygens (including phenoxy) is 1. The van der Waals surface area contributed by atoms with Crippen molar-refractivity contribution in [1.29, 1.82) is 0 Å². The molecule has 2 aromatic heterocycles. The number of nitrogens with one attached hydrogen (secondary N) is 1. The summed E-state index contributed by atoms with van der Waals surface area (Å²) >= 11 is 0. The average Bonchev–Trinajstić information content (AvgIpc) is 2.81. The Bertz CT molecular complexity index is 744. The number of aromatic amines is 1. The van der Waals surface area contributed by atoms with Crippen LogP contribution in [0.5, 0.6) is 5.75 Å². The highest BCUT2D eigenvalue weighted by Gasteiger charge is 2.16. The fourth-order valence-electron chi connectivity index (χ4n) is 3.11. The summed E-state index contributed by atoms with van der Waals surface area (Å²) in [6, 6.07) is 5.84. The van der Waals surface area contributed by atoms with Crippen LogP contribution in [0.4, 0.5) is 5.69 Å². The summed E-state index contributed by atoms with van der Waals surface area (Å²) < 4.78 is 5.01. The molecule has 1 aliphatic heterocycles. The van der Waals surface area contributed by atoms with Crippen LogP contribution in [-0.2, 0) is 6.54 Å². The highest BCUT2D eigenvalue weighted by atomic mass is 16.5. The zero-order chi connectivity index (χ0) is 16.9. The summed E-state index contributed by atoms with van der Waals surface area (Å²) in [5.41, 5.74) is 3.13. The Hall–Kier alpha value is -2.34. The Morgan fingerprint density at radius 3 is 2.88 bits per heavy atom. The molecule has 1 N–H and O–H groups in total. The molecule has 128 valence electrons. The number of nitrogens with zero attached hydrogens (tertiary/aromatic N) is 3. The summed E-state index contributed by atoms with van der Waals surface area (Å²) in [5, 5.41) is 0. The smallest absolute Gasteiger partial charge is 0.223 e. The fourth-order valence-corrected chi connectivity index (χ4v) is 3.11. The lowest BCUT2D eigenvalue weighted by Crippen LogP contribution is -2.31. The molecule has 3 rings (SSSR count). The summed E-state index contributed by atoms with van der Waals surface area (Å²) in [7, 11) is 1.51. The highest BCUT2D eigenvalue weighted by molar-refractivity contribution is 5.46. The van der Waals surface area contributed by atoms with Crippen molar-refractivity contribution in [3.05, 3.63) is 52.2 Å². The maximum atomic E-state index is 11.9. The van der Waals surface area contributed by atoms with Crippen molar-refractivity contribution >= 4 is 5.69 Å². The van der Waals surface area contributed by atoms with Crippen LogP contribution in [-0.4, -0.2) is 48.2 Å². The number of hydrogen-bond acceptors (Lipinski definition) is 5. The number of H-pyrrole nitrogens is 1. The molecule has 24 heavy (non-hydrogen) atoms. The minimum atomic E-state index is -0.0741. The molecule has 0 aromatic carbocycles. The van der Waals surface area contributed by atoms with Crippen molar-refractivity contribution < 1.29 is 4.74 Å². The van der Waals surface area contributed by atoms with Crippen molar-refractivity contribution in [2.45, 2.75) is 19.9 Å². The molecule has 6 nitrogen and oxygen atoms in total. The number of rotatable bonds is 4. The van der Waals surface area contributed by atoms with Crippen LogP contribution in [0.2, 0.25) is 0 Å². The summed E-state index contributed by atoms with van der Waals surface area (Å²) in [6.45, 7) is 6.78. The average molecular weight is 328 g/mol. The summed E-state index contributed by atoms with van der Waals surface area (Å²) in [5.74, 6) is 0.355. The Kier molecular flexibility index (Phi) is 5.15. The van der Waals surface area contributed by atoms with Gasteiger partial charge < -0.3 is 14.6 Å². The van der Waals surface area contributed by atoms with Crippen LogP contribution in [0, 0.1) is 6.92 Å². The van der Waals surface area contributed by atoms with Gasteiger partial charge in [-0.2, -0.15) is 0 Å². The molecule has 1 aliphatic rings. The molecule has 2 aromatic rings. The lowest BCUT2D eigenvalue weighted by Gasteiger charge is -2.23. The van der Waals surface area contributed by atoms with Crippen LogP contribution >= 0.6 is 0 Å². The maximum Gasteiger partial charge on any atom is 0.223 e. The second-order valence-electron chi connectivity index (χ2n) is 6.16. The molecular weight excluding hydrogens is 304 g/mol. The third kappa shape index (κ3) is 3.94. The SMILES string of the molecule is COc1c[nH]c(CN2CCCN(c3ccnc(C)c3)CC2)cc1=O. The van der Waals surface area contributed by atoms with Crippen molar-refractivity contribution in [2.24, 2.45) is 0 Å². The number of aromatic nitrogens is 2. The van der Waals surface area contributed by atoms with Crippen molar-refractivity contribution in [3.8, 4) is 5.75 Å². The minimum absolute atomic E-state index is 0.0741. The van der Waals surface area contributed by atoms with Gasteiger partial charge in [0.2, 0.25) is 5.43 Å². The minimum Gasteiger partial charge on any atom is -0.491 e. The van der Waals surface area contributed by atoms with Gasteiger partial charge in [0.15, 0.2) is 5.75 Å². The van der Waals surface area contributed by atoms with E-state index in [2.05, 4.69) is 31.9 Å². The summed E-state index contributed by atoms with van der Waals surface area (Å²) in [4.78, 5) is 24.1. The lowest BCUT2D eigenvalue weighted by molar-refractivity contribution is 0.281. The zero-order valence-corrected chi connectivity index (χ0v) is 14.3. The van der Waals surface area contributed by atoms with Crippen LogP contribution < -0.4 is 15.1 Å². The number of methoxy groups -OCH3 is 1. The standard InChI is InChI=1S/C18H24N4O2/c1-14-10-16(4-5-19-14)22-7-3-6-21(8-9-22)13-15-11-17(23)18(24-2)12-20-15/h4-5,10-12H,3,6-9,13H2,1-2H3,(H,20,23). The molecule has 1 fully saturated rings. The van der Waals surface area contributed by atoms with Crippen molar-refractivity contribution in [1.82, 2.24) is 14.9 Å². The van der Waals surface area contributed by atoms with Gasteiger partial charge in [-0.15, -0.1) is 0 Å². The number of aryl methyl sites for hydroxylation is 1. The maximum absolute atomic E-state index is 11.9. The van der Waals surface area contributed by atoms with Gasteiger partial charge in [-0.25, -0.2) is 0 Å². The topological polar surface area (TPSA) is 61.5 Å². The van der Waals surface area contributed by atoms with E-state index in [1.807, 2.05) is 13.1 Å². The van der Waals surface area contributed by atoms with E-state index in [9.17, 15) is 4.79 Å². The number of pyridine rings is 2. The fraction of sp³-hybridized carbons (Fsp3) is 0.444. The van der Waals surface area contributed by atoms with E-state index in [4.69, 9.17) is 4.74 Å². The van der Waals surface area contributed by atoms with Crippen LogP contribution in [0.3, 0.4) is 0 Å². The van der Waals surface area contributed by atoms with Crippen LogP contribution in [0.15, 0.2) is 35.4 Å². The predicted molar refractivity (Wildman–Crippen MR) is 94.7 cm³/mol. The van der Waals surface area contributed by atoms with Crippen LogP contribution in [0.25, 0.3) is 0 Å². The van der Waals surface area contributed by atoms with Crippen LogP contribution in [0.1, 0.15) is 17.8 Å². The normalized spacial score (nSPS) is 16.0. The number of hydrogen-bond donors (Lipinski definition) is 1. The van der Waals surface area contributed by atoms with E-state index in [1.54, 1.807) is 12.3 Å². The van der Waals surface area contributed by atoms with E-state index in [-0.39, 0.29) is 5.43 Å². The molecule has 0 unspecified atom stereocenters. The Morgan fingerprint density at radius 1 is 1.25 bits per heavy atom. The first-order valence-corrected chi connectivity index (χ1v) is 8.31. The highest BCUT2D eigenvalue weighted by Crippen LogP contribution is 2.17. The molecule has 0 atom stereocenters. The molecule has 0 saturated carbocycles. The summed E-state index contributed by atoms with van der Waals surface area (Å²) in [6.07, 6.45) is 4.61. The largest absolute Gasteiger partial charge is 0.491 e. The molecular formula is C18H24N4O2. The van der Waals surface area contributed by atoms with Gasteiger partial charge in [0.25, 0.3) is 0 Å². The van der Waals surface area contributed by atoms with Gasteiger partial charge in [0.1, 0.15) is 0 Å². The first-order valence-electron chi connectivity index (χ1n) is 8.31. The van der Waals surface area contributed by atoms with E-state index in [0.717, 1.165) is 50.5 Å².